The number of methoxy groups -OCH3 is 3. The zero-order chi connectivity index (χ0) is 20.3. The van der Waals surface area contributed by atoms with Crippen LogP contribution in [-0.4, -0.2) is 33.2 Å². The van der Waals surface area contributed by atoms with Crippen LogP contribution in [0.3, 0.4) is 0 Å². The average Bonchev–Trinajstić information content (AvgIpc) is 3.07. The van der Waals surface area contributed by atoms with E-state index >= 15 is 0 Å². The Kier molecular flexibility index (Phi) is 5.68. The van der Waals surface area contributed by atoms with Gasteiger partial charge in [-0.1, -0.05) is 26.0 Å². The van der Waals surface area contributed by atoms with Gasteiger partial charge in [0.15, 0.2) is 17.2 Å². The van der Waals surface area contributed by atoms with Gasteiger partial charge < -0.3 is 18.9 Å². The lowest BCUT2D eigenvalue weighted by molar-refractivity contribution is -0.129. The van der Waals surface area contributed by atoms with Gasteiger partial charge in [0, 0.05) is 11.1 Å². The minimum atomic E-state index is -0.514. The summed E-state index contributed by atoms with van der Waals surface area (Å²) in [7, 11) is 4.60. The van der Waals surface area contributed by atoms with Gasteiger partial charge in [-0.15, -0.1) is 0 Å². The van der Waals surface area contributed by atoms with Crippen molar-refractivity contribution in [3.63, 3.8) is 0 Å². The monoisotopic (exact) mass is 381 g/mol. The second-order valence-electron chi connectivity index (χ2n) is 6.54. The summed E-state index contributed by atoms with van der Waals surface area (Å²) in [6, 6.07) is 11.3. The smallest absolute Gasteiger partial charge is 0.363 e. The van der Waals surface area contributed by atoms with Crippen LogP contribution >= 0.6 is 0 Å². The van der Waals surface area contributed by atoms with Crippen molar-refractivity contribution < 1.29 is 23.7 Å². The fraction of sp³-hybridized carbons (Fsp3) is 0.273. The fourth-order valence-corrected chi connectivity index (χ4v) is 2.93. The summed E-state index contributed by atoms with van der Waals surface area (Å²) >= 11 is 0. The van der Waals surface area contributed by atoms with Crippen LogP contribution < -0.4 is 14.2 Å². The van der Waals surface area contributed by atoms with Crippen molar-refractivity contribution in [3.05, 3.63) is 58.8 Å². The van der Waals surface area contributed by atoms with Crippen LogP contribution in [0.2, 0.25) is 0 Å². The highest BCUT2D eigenvalue weighted by molar-refractivity contribution is 6.13. The molecule has 0 bridgehead atoms. The van der Waals surface area contributed by atoms with Gasteiger partial charge in [-0.25, -0.2) is 9.79 Å². The highest BCUT2D eigenvalue weighted by Gasteiger charge is 2.25. The van der Waals surface area contributed by atoms with Crippen LogP contribution in [0.1, 0.15) is 36.5 Å². The molecule has 0 amide bonds. The maximum atomic E-state index is 12.3. The number of hydrogen-bond acceptors (Lipinski definition) is 6. The number of esters is 1. The lowest BCUT2D eigenvalue weighted by Crippen LogP contribution is -2.05. The Balaban J connectivity index is 1.97. The van der Waals surface area contributed by atoms with E-state index in [1.807, 2.05) is 24.3 Å². The SMILES string of the molecule is COc1ccc(/C=C2\N=C(c3ccc(C(C)C)cc3)OC2=O)c(OC)c1OC. The molecule has 28 heavy (non-hydrogen) atoms. The summed E-state index contributed by atoms with van der Waals surface area (Å²) in [6.45, 7) is 4.25. The normalized spacial score (nSPS) is 14.9. The highest BCUT2D eigenvalue weighted by atomic mass is 16.6. The molecule has 0 saturated heterocycles. The number of cyclic esters (lactones) is 1. The van der Waals surface area contributed by atoms with Gasteiger partial charge >= 0.3 is 5.97 Å². The topological polar surface area (TPSA) is 66.4 Å². The van der Waals surface area contributed by atoms with Crippen molar-refractivity contribution in [2.45, 2.75) is 19.8 Å². The molecule has 3 rings (SSSR count). The molecular weight excluding hydrogens is 358 g/mol. The first-order chi connectivity index (χ1) is 13.5. The van der Waals surface area contributed by atoms with Crippen LogP contribution in [0, 0.1) is 0 Å². The van der Waals surface area contributed by atoms with Gasteiger partial charge in [0.2, 0.25) is 11.6 Å². The summed E-state index contributed by atoms with van der Waals surface area (Å²) < 4.78 is 21.5. The van der Waals surface area contributed by atoms with Gasteiger partial charge in [-0.05, 0) is 41.8 Å². The Bertz CT molecular complexity index is 942. The Morgan fingerprint density at radius 3 is 2.18 bits per heavy atom. The molecule has 146 valence electrons. The number of rotatable bonds is 6. The molecule has 0 N–H and O–H groups in total. The third-order valence-corrected chi connectivity index (χ3v) is 4.47. The van der Waals surface area contributed by atoms with Crippen molar-refractivity contribution >= 4 is 17.9 Å². The number of ether oxygens (including phenoxy) is 4. The fourth-order valence-electron chi connectivity index (χ4n) is 2.93. The number of nitrogens with zero attached hydrogens (tertiary/aromatic N) is 1. The summed E-state index contributed by atoms with van der Waals surface area (Å²) in [5.41, 5.74) is 2.78. The summed E-state index contributed by atoms with van der Waals surface area (Å²) in [6.07, 6.45) is 1.61. The molecule has 0 atom stereocenters. The Labute approximate surface area is 164 Å². The number of carbonyl (C=O) groups excluding carboxylic acids is 1. The predicted molar refractivity (Wildman–Crippen MR) is 107 cm³/mol. The molecule has 2 aromatic carbocycles. The summed E-state index contributed by atoms with van der Waals surface area (Å²) in [5, 5.41) is 0. The van der Waals surface area contributed by atoms with E-state index in [1.54, 1.807) is 25.3 Å². The summed E-state index contributed by atoms with van der Waals surface area (Å²) in [4.78, 5) is 16.7. The highest BCUT2D eigenvalue weighted by Crippen LogP contribution is 2.40. The van der Waals surface area contributed by atoms with E-state index in [0.717, 1.165) is 5.56 Å². The Morgan fingerprint density at radius 1 is 0.929 bits per heavy atom. The van der Waals surface area contributed by atoms with Gasteiger partial charge in [0.1, 0.15) is 0 Å². The van der Waals surface area contributed by atoms with Gasteiger partial charge in [0.05, 0.1) is 21.3 Å². The van der Waals surface area contributed by atoms with Gasteiger partial charge in [0.25, 0.3) is 0 Å². The lowest BCUT2D eigenvalue weighted by atomic mass is 10.0. The predicted octanol–water partition coefficient (Wildman–Crippen LogP) is 4.18. The molecule has 0 aliphatic carbocycles. The molecule has 1 aliphatic heterocycles. The van der Waals surface area contributed by atoms with Crippen molar-refractivity contribution in [2.24, 2.45) is 4.99 Å². The van der Waals surface area contributed by atoms with Crippen LogP contribution in [0.25, 0.3) is 6.08 Å². The van der Waals surface area contributed by atoms with E-state index in [9.17, 15) is 4.79 Å². The van der Waals surface area contributed by atoms with Crippen molar-refractivity contribution in [2.75, 3.05) is 21.3 Å². The molecule has 0 spiro atoms. The Hall–Kier alpha value is -3.28. The first kappa shape index (κ1) is 19.5. The van der Waals surface area contributed by atoms with Crippen LogP contribution in [0.5, 0.6) is 17.2 Å². The summed E-state index contributed by atoms with van der Waals surface area (Å²) in [5.74, 6) is 1.62. The molecular formula is C22H23NO5. The third kappa shape index (κ3) is 3.71. The van der Waals surface area contributed by atoms with Crippen LogP contribution in [0.4, 0.5) is 0 Å². The quantitative estimate of drug-likeness (QED) is 0.555. The van der Waals surface area contributed by atoms with Crippen molar-refractivity contribution in [1.82, 2.24) is 0 Å². The molecule has 0 radical (unpaired) electrons. The van der Waals surface area contributed by atoms with E-state index in [-0.39, 0.29) is 11.6 Å². The molecule has 1 heterocycles. The van der Waals surface area contributed by atoms with E-state index in [4.69, 9.17) is 18.9 Å². The molecule has 6 nitrogen and oxygen atoms in total. The van der Waals surface area contributed by atoms with E-state index < -0.39 is 5.97 Å². The third-order valence-electron chi connectivity index (χ3n) is 4.47. The Morgan fingerprint density at radius 2 is 1.61 bits per heavy atom. The second-order valence-corrected chi connectivity index (χ2v) is 6.54. The average molecular weight is 381 g/mol. The molecule has 2 aromatic rings. The largest absolute Gasteiger partial charge is 0.493 e. The molecule has 6 heteroatoms. The van der Waals surface area contributed by atoms with Crippen LogP contribution in [0.15, 0.2) is 47.1 Å². The second kappa shape index (κ2) is 8.17. The number of hydrogen-bond donors (Lipinski definition) is 0. The van der Waals surface area contributed by atoms with Crippen LogP contribution in [-0.2, 0) is 9.53 Å². The minimum absolute atomic E-state index is 0.188. The zero-order valence-corrected chi connectivity index (χ0v) is 16.6. The minimum Gasteiger partial charge on any atom is -0.493 e. The molecule has 0 aromatic heterocycles. The maximum absolute atomic E-state index is 12.3. The number of carbonyl (C=O) groups is 1. The lowest BCUT2D eigenvalue weighted by Gasteiger charge is -2.14. The number of aliphatic imine (C=N–C) groups is 1. The standard InChI is InChI=1S/C22H23NO5/c1-13(2)14-6-8-15(9-7-14)21-23-17(22(24)28-21)12-16-10-11-18(25-3)20(27-5)19(16)26-4/h6-13H,1-5H3/b17-12-. The van der Waals surface area contributed by atoms with E-state index in [2.05, 4.69) is 18.8 Å². The molecule has 0 unspecified atom stereocenters. The maximum Gasteiger partial charge on any atom is 0.363 e. The molecule has 0 fully saturated rings. The first-order valence-corrected chi connectivity index (χ1v) is 8.90. The number of benzene rings is 2. The van der Waals surface area contributed by atoms with E-state index in [1.165, 1.54) is 19.8 Å². The van der Waals surface area contributed by atoms with E-state index in [0.29, 0.717) is 28.7 Å². The molecule has 0 saturated carbocycles. The van der Waals surface area contributed by atoms with Gasteiger partial charge in [-0.2, -0.15) is 0 Å². The zero-order valence-electron chi connectivity index (χ0n) is 16.6. The van der Waals surface area contributed by atoms with Gasteiger partial charge in [-0.3, -0.25) is 0 Å². The first-order valence-electron chi connectivity index (χ1n) is 8.90. The molecule has 1 aliphatic rings. The van der Waals surface area contributed by atoms with Crippen molar-refractivity contribution in [1.29, 1.82) is 0 Å². The van der Waals surface area contributed by atoms with Crippen molar-refractivity contribution in [3.8, 4) is 17.2 Å².